The van der Waals surface area contributed by atoms with Gasteiger partial charge < -0.3 is 14.8 Å². The molecule has 28 heavy (non-hydrogen) atoms. The third-order valence-electron chi connectivity index (χ3n) is 4.01. The minimum Gasteiger partial charge on any atom is -0.489 e. The molecule has 0 aliphatic rings. The number of para-hydroxylation sites is 1. The van der Waals surface area contributed by atoms with Crippen LogP contribution >= 0.6 is 0 Å². The van der Waals surface area contributed by atoms with Crippen molar-refractivity contribution in [2.45, 2.75) is 13.5 Å². The van der Waals surface area contributed by atoms with Gasteiger partial charge >= 0.3 is 5.97 Å². The second kappa shape index (κ2) is 9.37. The van der Waals surface area contributed by atoms with Crippen molar-refractivity contribution in [1.82, 2.24) is 0 Å². The summed E-state index contributed by atoms with van der Waals surface area (Å²) < 4.78 is 10.7. The van der Waals surface area contributed by atoms with Gasteiger partial charge in [-0.25, -0.2) is 4.79 Å². The number of nitrogens with one attached hydrogen (secondary N) is 1. The zero-order valence-electron chi connectivity index (χ0n) is 15.6. The van der Waals surface area contributed by atoms with Crippen molar-refractivity contribution in [1.29, 1.82) is 0 Å². The molecule has 0 aromatic heterocycles. The Morgan fingerprint density at radius 2 is 1.54 bits per heavy atom. The first-order valence-electron chi connectivity index (χ1n) is 8.90. The monoisotopic (exact) mass is 375 g/mol. The highest BCUT2D eigenvalue weighted by atomic mass is 16.5. The molecule has 0 fully saturated rings. The topological polar surface area (TPSA) is 64.6 Å². The van der Waals surface area contributed by atoms with Crippen LogP contribution in [0.1, 0.15) is 21.5 Å². The van der Waals surface area contributed by atoms with E-state index in [1.54, 1.807) is 36.4 Å². The lowest BCUT2D eigenvalue weighted by Gasteiger charge is -2.08. The Labute approximate surface area is 163 Å². The molecule has 1 N–H and O–H groups in total. The van der Waals surface area contributed by atoms with Gasteiger partial charge in [0.15, 0.2) is 6.61 Å². The third kappa shape index (κ3) is 5.71. The normalized spacial score (nSPS) is 10.2. The minimum absolute atomic E-state index is 0.342. The van der Waals surface area contributed by atoms with E-state index in [1.807, 2.05) is 49.4 Å². The summed E-state index contributed by atoms with van der Waals surface area (Å²) >= 11 is 0. The maximum absolute atomic E-state index is 12.1. The van der Waals surface area contributed by atoms with E-state index in [-0.39, 0.29) is 12.5 Å². The smallest absolute Gasteiger partial charge is 0.338 e. The molecule has 0 saturated carbocycles. The molecule has 0 heterocycles. The van der Waals surface area contributed by atoms with Crippen LogP contribution in [0, 0.1) is 6.92 Å². The average Bonchev–Trinajstić information content (AvgIpc) is 2.73. The molecule has 3 rings (SSSR count). The van der Waals surface area contributed by atoms with Crippen molar-refractivity contribution in [2.24, 2.45) is 0 Å². The van der Waals surface area contributed by atoms with Gasteiger partial charge in [0.2, 0.25) is 0 Å². The minimum atomic E-state index is -0.547. The summed E-state index contributed by atoms with van der Waals surface area (Å²) in [4.78, 5) is 24.0. The van der Waals surface area contributed by atoms with E-state index in [9.17, 15) is 9.59 Å². The van der Waals surface area contributed by atoms with Crippen LogP contribution in [0.2, 0.25) is 0 Å². The molecule has 0 atom stereocenters. The number of ether oxygens (including phenoxy) is 2. The molecule has 0 unspecified atom stereocenters. The van der Waals surface area contributed by atoms with Gasteiger partial charge in [0.25, 0.3) is 5.91 Å². The first-order valence-corrected chi connectivity index (χ1v) is 8.90. The molecule has 3 aromatic carbocycles. The summed E-state index contributed by atoms with van der Waals surface area (Å²) in [5.41, 5.74) is 3.07. The maximum atomic E-state index is 12.1. The molecule has 0 aliphatic carbocycles. The largest absolute Gasteiger partial charge is 0.489 e. The van der Waals surface area contributed by atoms with Crippen LogP contribution in [-0.4, -0.2) is 18.5 Å². The molecule has 0 aliphatic heterocycles. The van der Waals surface area contributed by atoms with Gasteiger partial charge in [-0.1, -0.05) is 48.0 Å². The van der Waals surface area contributed by atoms with Crippen LogP contribution < -0.4 is 10.1 Å². The van der Waals surface area contributed by atoms with E-state index >= 15 is 0 Å². The summed E-state index contributed by atoms with van der Waals surface area (Å²) in [6, 6.07) is 23.8. The number of rotatable bonds is 7. The van der Waals surface area contributed by atoms with Crippen molar-refractivity contribution in [3.63, 3.8) is 0 Å². The lowest BCUT2D eigenvalue weighted by Crippen LogP contribution is -2.20. The van der Waals surface area contributed by atoms with Gasteiger partial charge in [-0.2, -0.15) is 0 Å². The van der Waals surface area contributed by atoms with Gasteiger partial charge in [0, 0.05) is 5.69 Å². The summed E-state index contributed by atoms with van der Waals surface area (Å²) in [7, 11) is 0. The lowest BCUT2D eigenvalue weighted by molar-refractivity contribution is -0.119. The molecule has 5 heteroatoms. The molecule has 0 bridgehead atoms. The van der Waals surface area contributed by atoms with E-state index in [4.69, 9.17) is 9.47 Å². The standard InChI is InChI=1S/C23H21NO4/c1-17-7-13-20(14-8-17)24-22(25)16-28-23(26)19-11-9-18(10-12-19)15-27-21-5-3-2-4-6-21/h2-14H,15-16H2,1H3,(H,24,25). The van der Waals surface area contributed by atoms with Gasteiger partial charge in [-0.05, 0) is 48.9 Å². The molecular formula is C23H21NO4. The predicted octanol–water partition coefficient (Wildman–Crippen LogP) is 4.37. The van der Waals surface area contributed by atoms with Crippen LogP contribution in [0.3, 0.4) is 0 Å². The molecule has 0 spiro atoms. The zero-order valence-corrected chi connectivity index (χ0v) is 15.6. The highest BCUT2D eigenvalue weighted by molar-refractivity contribution is 5.95. The summed E-state index contributed by atoms with van der Waals surface area (Å²) in [6.45, 7) is 2.02. The van der Waals surface area contributed by atoms with E-state index < -0.39 is 5.97 Å². The molecule has 142 valence electrons. The summed E-state index contributed by atoms with van der Waals surface area (Å²) in [5, 5.41) is 2.68. The van der Waals surface area contributed by atoms with Gasteiger partial charge in [-0.3, -0.25) is 4.79 Å². The summed E-state index contributed by atoms with van der Waals surface area (Å²) in [6.07, 6.45) is 0. The van der Waals surface area contributed by atoms with E-state index in [0.717, 1.165) is 16.9 Å². The van der Waals surface area contributed by atoms with Crippen molar-refractivity contribution in [3.8, 4) is 5.75 Å². The first-order chi connectivity index (χ1) is 13.6. The second-order valence-corrected chi connectivity index (χ2v) is 6.29. The number of aryl methyl sites for hydroxylation is 1. The van der Waals surface area contributed by atoms with Crippen molar-refractivity contribution in [2.75, 3.05) is 11.9 Å². The number of anilines is 1. The number of hydrogen-bond donors (Lipinski definition) is 1. The second-order valence-electron chi connectivity index (χ2n) is 6.29. The Balaban J connectivity index is 1.46. The number of esters is 1. The van der Waals surface area contributed by atoms with E-state index in [2.05, 4.69) is 5.32 Å². The highest BCUT2D eigenvalue weighted by Crippen LogP contribution is 2.13. The molecule has 3 aromatic rings. The SMILES string of the molecule is Cc1ccc(NC(=O)COC(=O)c2ccc(COc3ccccc3)cc2)cc1. The average molecular weight is 375 g/mol. The fourth-order valence-electron chi connectivity index (χ4n) is 2.47. The molecule has 0 saturated heterocycles. The quantitative estimate of drug-likeness (QED) is 0.623. The predicted molar refractivity (Wildman–Crippen MR) is 107 cm³/mol. The highest BCUT2D eigenvalue weighted by Gasteiger charge is 2.10. The fourth-order valence-corrected chi connectivity index (χ4v) is 2.47. The zero-order chi connectivity index (χ0) is 19.8. The van der Waals surface area contributed by atoms with Gasteiger partial charge in [0.05, 0.1) is 5.56 Å². The van der Waals surface area contributed by atoms with Crippen molar-refractivity contribution >= 4 is 17.6 Å². The molecule has 0 radical (unpaired) electrons. The maximum Gasteiger partial charge on any atom is 0.338 e. The number of benzene rings is 3. The Kier molecular flexibility index (Phi) is 6.41. The van der Waals surface area contributed by atoms with E-state index in [1.165, 1.54) is 0 Å². The molecule has 5 nitrogen and oxygen atoms in total. The Hall–Kier alpha value is -3.60. The third-order valence-corrected chi connectivity index (χ3v) is 4.01. The molecular weight excluding hydrogens is 354 g/mol. The van der Waals surface area contributed by atoms with Gasteiger partial charge in [-0.15, -0.1) is 0 Å². The van der Waals surface area contributed by atoms with Crippen LogP contribution in [-0.2, 0) is 16.1 Å². The number of amides is 1. The number of hydrogen-bond acceptors (Lipinski definition) is 4. The van der Waals surface area contributed by atoms with Crippen molar-refractivity contribution < 1.29 is 19.1 Å². The number of carbonyl (C=O) groups excluding carboxylic acids is 2. The van der Waals surface area contributed by atoms with Gasteiger partial charge in [0.1, 0.15) is 12.4 Å². The van der Waals surface area contributed by atoms with Crippen molar-refractivity contribution in [3.05, 3.63) is 95.6 Å². The van der Waals surface area contributed by atoms with Crippen LogP contribution in [0.4, 0.5) is 5.69 Å². The summed E-state index contributed by atoms with van der Waals surface area (Å²) in [5.74, 6) is -0.148. The Bertz CT molecular complexity index is 919. The first kappa shape index (κ1) is 19.2. The van der Waals surface area contributed by atoms with Crippen LogP contribution in [0.5, 0.6) is 5.75 Å². The van der Waals surface area contributed by atoms with Crippen LogP contribution in [0.15, 0.2) is 78.9 Å². The Morgan fingerprint density at radius 1 is 0.857 bits per heavy atom. The Morgan fingerprint density at radius 3 is 2.21 bits per heavy atom. The van der Waals surface area contributed by atoms with E-state index in [0.29, 0.717) is 17.9 Å². The fraction of sp³-hybridized carbons (Fsp3) is 0.130. The van der Waals surface area contributed by atoms with Crippen LogP contribution in [0.25, 0.3) is 0 Å². The molecule has 1 amide bonds. The lowest BCUT2D eigenvalue weighted by atomic mass is 10.1. The number of carbonyl (C=O) groups is 2.